The predicted molar refractivity (Wildman–Crippen MR) is 64.5 cm³/mol. The molecule has 1 saturated carbocycles. The van der Waals surface area contributed by atoms with Crippen LogP contribution in [0.25, 0.3) is 0 Å². The first-order valence-corrected chi connectivity index (χ1v) is 5.62. The van der Waals surface area contributed by atoms with Crippen molar-refractivity contribution in [3.05, 3.63) is 23.9 Å². The summed E-state index contributed by atoms with van der Waals surface area (Å²) in [7, 11) is 1.72. The van der Waals surface area contributed by atoms with Gasteiger partial charge in [-0.3, -0.25) is 9.89 Å². The van der Waals surface area contributed by atoms with Crippen molar-refractivity contribution in [2.45, 2.75) is 12.8 Å². The monoisotopic (exact) mass is 219 g/mol. The van der Waals surface area contributed by atoms with E-state index >= 15 is 0 Å². The summed E-state index contributed by atoms with van der Waals surface area (Å²) in [6, 6.07) is -0.0325. The molecule has 0 radical (unpaired) electrons. The van der Waals surface area contributed by atoms with Gasteiger partial charge < -0.3 is 5.32 Å². The van der Waals surface area contributed by atoms with Gasteiger partial charge in [0.15, 0.2) is 0 Å². The molecule has 0 unspecified atom stereocenters. The van der Waals surface area contributed by atoms with Gasteiger partial charge in [0.2, 0.25) is 0 Å². The standard InChI is InChI=1S/C12H17N3O/c1-3-10(9-4-5-9)11(8-13-2)15-7-6-14-12(15)16/h3,8-9H,1,4-7H2,2H3,(H,14,16)/b11-10-,13-8?. The van der Waals surface area contributed by atoms with Crippen molar-refractivity contribution in [1.82, 2.24) is 10.2 Å². The molecule has 1 aliphatic carbocycles. The van der Waals surface area contributed by atoms with E-state index in [0.29, 0.717) is 19.0 Å². The molecule has 0 aromatic carbocycles. The predicted octanol–water partition coefficient (Wildman–Crippen LogP) is 1.56. The number of allylic oxidation sites excluding steroid dienone is 3. The highest BCUT2D eigenvalue weighted by atomic mass is 16.2. The topological polar surface area (TPSA) is 44.7 Å². The number of hydrogen-bond acceptors (Lipinski definition) is 2. The molecule has 0 bridgehead atoms. The highest BCUT2D eigenvalue weighted by Gasteiger charge is 2.31. The first-order valence-electron chi connectivity index (χ1n) is 5.62. The van der Waals surface area contributed by atoms with Crippen LogP contribution in [0.2, 0.25) is 0 Å². The summed E-state index contributed by atoms with van der Waals surface area (Å²) in [6.07, 6.45) is 6.01. The molecular weight excluding hydrogens is 202 g/mol. The van der Waals surface area contributed by atoms with E-state index in [4.69, 9.17) is 0 Å². The number of nitrogens with zero attached hydrogens (tertiary/aromatic N) is 2. The maximum atomic E-state index is 11.6. The zero-order valence-electron chi connectivity index (χ0n) is 9.57. The van der Waals surface area contributed by atoms with Gasteiger partial charge in [0.1, 0.15) is 0 Å². The van der Waals surface area contributed by atoms with E-state index in [9.17, 15) is 4.79 Å². The van der Waals surface area contributed by atoms with E-state index in [1.165, 1.54) is 12.8 Å². The van der Waals surface area contributed by atoms with Crippen molar-refractivity contribution in [2.75, 3.05) is 20.1 Å². The lowest BCUT2D eigenvalue weighted by atomic mass is 10.1. The summed E-state index contributed by atoms with van der Waals surface area (Å²) in [5.74, 6) is 0.568. The highest BCUT2D eigenvalue weighted by Crippen LogP contribution is 2.39. The van der Waals surface area contributed by atoms with Crippen molar-refractivity contribution in [3.63, 3.8) is 0 Å². The minimum atomic E-state index is -0.0325. The molecule has 2 rings (SSSR count). The molecule has 1 N–H and O–H groups in total. The Kier molecular flexibility index (Phi) is 3.08. The van der Waals surface area contributed by atoms with Crippen LogP contribution in [0.5, 0.6) is 0 Å². The Balaban J connectivity index is 2.34. The fourth-order valence-corrected chi connectivity index (χ4v) is 2.00. The normalized spacial score (nSPS) is 22.3. The molecule has 4 nitrogen and oxygen atoms in total. The summed E-state index contributed by atoms with van der Waals surface area (Å²) in [4.78, 5) is 17.4. The number of amides is 2. The second-order valence-electron chi connectivity index (χ2n) is 4.09. The zero-order chi connectivity index (χ0) is 11.5. The Bertz CT molecular complexity index is 366. The van der Waals surface area contributed by atoms with E-state index in [-0.39, 0.29) is 6.03 Å². The maximum absolute atomic E-state index is 11.6. The van der Waals surface area contributed by atoms with Gasteiger partial charge in [0, 0.05) is 26.4 Å². The molecule has 1 saturated heterocycles. The zero-order valence-corrected chi connectivity index (χ0v) is 9.57. The number of carbonyl (C=O) groups excluding carboxylic acids is 1. The summed E-state index contributed by atoms with van der Waals surface area (Å²) in [6.45, 7) is 5.26. The van der Waals surface area contributed by atoms with Gasteiger partial charge in [-0.1, -0.05) is 12.7 Å². The average molecular weight is 219 g/mol. The fourth-order valence-electron chi connectivity index (χ4n) is 2.00. The van der Waals surface area contributed by atoms with E-state index < -0.39 is 0 Å². The Labute approximate surface area is 95.7 Å². The van der Waals surface area contributed by atoms with Crippen LogP contribution in [0.1, 0.15) is 12.8 Å². The van der Waals surface area contributed by atoms with E-state index in [2.05, 4.69) is 16.9 Å². The van der Waals surface area contributed by atoms with E-state index in [0.717, 1.165) is 11.3 Å². The number of urea groups is 1. The lowest BCUT2D eigenvalue weighted by Crippen LogP contribution is -2.29. The van der Waals surface area contributed by atoms with Crippen molar-refractivity contribution in [1.29, 1.82) is 0 Å². The van der Waals surface area contributed by atoms with Crippen LogP contribution >= 0.6 is 0 Å². The van der Waals surface area contributed by atoms with Crippen LogP contribution in [0.4, 0.5) is 4.79 Å². The Morgan fingerprint density at radius 1 is 1.62 bits per heavy atom. The van der Waals surface area contributed by atoms with Gasteiger partial charge in [-0.2, -0.15) is 0 Å². The third kappa shape index (κ3) is 2.01. The van der Waals surface area contributed by atoms with Gasteiger partial charge >= 0.3 is 6.03 Å². The minimum Gasteiger partial charge on any atom is -0.336 e. The molecule has 86 valence electrons. The summed E-state index contributed by atoms with van der Waals surface area (Å²) in [5.41, 5.74) is 2.07. The third-order valence-corrected chi connectivity index (χ3v) is 2.93. The summed E-state index contributed by atoms with van der Waals surface area (Å²) >= 11 is 0. The SMILES string of the molecule is C=C/C(=C(\C=NC)N1CCNC1=O)C1CC1. The van der Waals surface area contributed by atoms with Crippen LogP contribution in [0.15, 0.2) is 28.9 Å². The average Bonchev–Trinajstić information content (AvgIpc) is 3.01. The number of carbonyl (C=O) groups is 1. The largest absolute Gasteiger partial charge is 0.336 e. The molecular formula is C12H17N3O. The van der Waals surface area contributed by atoms with Crippen molar-refractivity contribution in [3.8, 4) is 0 Å². The first kappa shape index (κ1) is 10.9. The van der Waals surface area contributed by atoms with Gasteiger partial charge in [-0.15, -0.1) is 0 Å². The van der Waals surface area contributed by atoms with Crippen LogP contribution < -0.4 is 5.32 Å². The molecule has 0 aromatic rings. The van der Waals surface area contributed by atoms with Gasteiger partial charge in [-0.05, 0) is 24.3 Å². The summed E-state index contributed by atoms with van der Waals surface area (Å²) < 4.78 is 0. The maximum Gasteiger partial charge on any atom is 0.322 e. The van der Waals surface area contributed by atoms with E-state index in [1.807, 2.05) is 6.08 Å². The quantitative estimate of drug-likeness (QED) is 0.566. The fraction of sp³-hybridized carbons (Fsp3) is 0.500. The van der Waals surface area contributed by atoms with Crippen molar-refractivity contribution >= 4 is 12.2 Å². The van der Waals surface area contributed by atoms with Gasteiger partial charge in [0.05, 0.1) is 5.70 Å². The first-order chi connectivity index (χ1) is 7.77. The molecule has 2 amide bonds. The smallest absolute Gasteiger partial charge is 0.322 e. The summed E-state index contributed by atoms with van der Waals surface area (Å²) in [5, 5.41) is 2.80. The molecule has 4 heteroatoms. The van der Waals surface area contributed by atoms with E-state index in [1.54, 1.807) is 18.2 Å². The number of nitrogens with one attached hydrogen (secondary N) is 1. The Hall–Kier alpha value is -1.58. The Morgan fingerprint density at radius 3 is 2.81 bits per heavy atom. The number of rotatable bonds is 4. The number of aliphatic imine (C=N–C) groups is 1. The van der Waals surface area contributed by atoms with Crippen LogP contribution in [0.3, 0.4) is 0 Å². The molecule has 0 aromatic heterocycles. The molecule has 0 atom stereocenters. The van der Waals surface area contributed by atoms with Crippen LogP contribution in [-0.4, -0.2) is 37.3 Å². The third-order valence-electron chi connectivity index (χ3n) is 2.93. The van der Waals surface area contributed by atoms with Crippen LogP contribution in [0, 0.1) is 5.92 Å². The molecule has 16 heavy (non-hydrogen) atoms. The molecule has 0 spiro atoms. The lowest BCUT2D eigenvalue weighted by Gasteiger charge is -2.18. The molecule has 1 heterocycles. The van der Waals surface area contributed by atoms with Gasteiger partial charge in [0.25, 0.3) is 0 Å². The van der Waals surface area contributed by atoms with Crippen molar-refractivity contribution in [2.24, 2.45) is 10.9 Å². The number of hydrogen-bond donors (Lipinski definition) is 1. The second kappa shape index (κ2) is 4.51. The second-order valence-corrected chi connectivity index (χ2v) is 4.09. The molecule has 1 aliphatic heterocycles. The minimum absolute atomic E-state index is 0.0325. The van der Waals surface area contributed by atoms with Crippen LogP contribution in [-0.2, 0) is 0 Å². The van der Waals surface area contributed by atoms with Gasteiger partial charge in [-0.25, -0.2) is 4.79 Å². The molecule has 2 aliphatic rings. The van der Waals surface area contributed by atoms with Crippen molar-refractivity contribution < 1.29 is 4.79 Å². The molecule has 2 fully saturated rings. The lowest BCUT2D eigenvalue weighted by molar-refractivity contribution is 0.228. The Morgan fingerprint density at radius 2 is 2.38 bits per heavy atom. The highest BCUT2D eigenvalue weighted by molar-refractivity contribution is 5.89.